The van der Waals surface area contributed by atoms with Crippen molar-refractivity contribution in [3.05, 3.63) is 35.4 Å². The molecule has 0 spiro atoms. The van der Waals surface area contributed by atoms with Crippen LogP contribution in [-0.2, 0) is 17.8 Å². The molecule has 1 rings (SSSR count). The van der Waals surface area contributed by atoms with Crippen LogP contribution >= 0.6 is 24.0 Å². The summed E-state index contributed by atoms with van der Waals surface area (Å²) in [5.41, 5.74) is 8.35. The second kappa shape index (κ2) is 10.8. The van der Waals surface area contributed by atoms with Gasteiger partial charge in [-0.25, -0.2) is 4.99 Å². The van der Waals surface area contributed by atoms with Gasteiger partial charge in [0.05, 0.1) is 13.2 Å². The minimum Gasteiger partial charge on any atom is -0.383 e. The first kappa shape index (κ1) is 20.1. The highest BCUT2D eigenvalue weighted by Gasteiger charge is 2.04. The number of guanidine groups is 1. The van der Waals surface area contributed by atoms with Crippen LogP contribution in [0.5, 0.6) is 0 Å². The minimum absolute atomic E-state index is 0. The van der Waals surface area contributed by atoms with Crippen molar-refractivity contribution >= 4 is 29.9 Å². The smallest absolute Gasteiger partial charge is 0.189 e. The van der Waals surface area contributed by atoms with Crippen molar-refractivity contribution in [1.29, 1.82) is 0 Å². The Bertz CT molecular complexity index is 437. The third-order valence-electron chi connectivity index (χ3n) is 2.84. The van der Waals surface area contributed by atoms with Crippen molar-refractivity contribution < 1.29 is 4.74 Å². The molecule has 1 unspecified atom stereocenters. The molecule has 0 heterocycles. The molecule has 1 atom stereocenters. The monoisotopic (exact) mass is 406 g/mol. The molecule has 21 heavy (non-hydrogen) atoms. The molecule has 120 valence electrons. The predicted octanol–water partition coefficient (Wildman–Crippen LogP) is 1.81. The fourth-order valence-corrected chi connectivity index (χ4v) is 1.97. The number of benzene rings is 1. The van der Waals surface area contributed by atoms with Crippen LogP contribution in [0.2, 0.25) is 0 Å². The standard InChI is InChI=1S/C15H26N4O.HI/c1-12(11-20-4)18-15(16)17-9-13-7-5-6-8-14(13)10-19(2)3;/h5-8,12H,9-11H2,1-4H3,(H3,16,17,18);1H. The van der Waals surface area contributed by atoms with E-state index in [0.29, 0.717) is 19.1 Å². The zero-order valence-corrected chi connectivity index (χ0v) is 15.6. The number of nitrogens with two attached hydrogens (primary N) is 1. The number of nitrogens with zero attached hydrogens (tertiary/aromatic N) is 2. The second-order valence-electron chi connectivity index (χ2n) is 5.21. The third-order valence-corrected chi connectivity index (χ3v) is 2.84. The Morgan fingerprint density at radius 1 is 1.33 bits per heavy atom. The van der Waals surface area contributed by atoms with Gasteiger partial charge >= 0.3 is 0 Å². The normalized spacial score (nSPS) is 12.9. The molecule has 0 radical (unpaired) electrons. The van der Waals surface area contributed by atoms with Crippen molar-refractivity contribution in [3.63, 3.8) is 0 Å². The van der Waals surface area contributed by atoms with Gasteiger partial charge in [0.25, 0.3) is 0 Å². The molecule has 0 saturated carbocycles. The molecule has 5 nitrogen and oxygen atoms in total. The average Bonchev–Trinajstić information content (AvgIpc) is 2.37. The molecule has 0 aliphatic carbocycles. The average molecular weight is 406 g/mol. The maximum absolute atomic E-state index is 5.88. The molecule has 0 saturated heterocycles. The molecule has 0 aromatic heterocycles. The molecular weight excluding hydrogens is 379 g/mol. The highest BCUT2D eigenvalue weighted by Crippen LogP contribution is 2.11. The number of methoxy groups -OCH3 is 1. The fourth-order valence-electron chi connectivity index (χ4n) is 1.97. The third kappa shape index (κ3) is 8.23. The highest BCUT2D eigenvalue weighted by molar-refractivity contribution is 14.0. The van der Waals surface area contributed by atoms with E-state index in [9.17, 15) is 0 Å². The number of hydrogen-bond acceptors (Lipinski definition) is 3. The predicted molar refractivity (Wildman–Crippen MR) is 99.0 cm³/mol. The van der Waals surface area contributed by atoms with Gasteiger partial charge in [0.2, 0.25) is 0 Å². The Morgan fingerprint density at radius 2 is 1.95 bits per heavy atom. The Kier molecular flexibility index (Phi) is 10.4. The summed E-state index contributed by atoms with van der Waals surface area (Å²) >= 11 is 0. The lowest BCUT2D eigenvalue weighted by molar-refractivity contribution is 0.179. The maximum atomic E-state index is 5.88. The summed E-state index contributed by atoms with van der Waals surface area (Å²) in [6.07, 6.45) is 0. The number of ether oxygens (including phenoxy) is 1. The van der Waals surface area contributed by atoms with E-state index < -0.39 is 0 Å². The van der Waals surface area contributed by atoms with Gasteiger partial charge in [-0.2, -0.15) is 0 Å². The summed E-state index contributed by atoms with van der Waals surface area (Å²) in [4.78, 5) is 6.54. The molecule has 0 amide bonds. The van der Waals surface area contributed by atoms with Crippen molar-refractivity contribution in [2.75, 3.05) is 27.8 Å². The van der Waals surface area contributed by atoms with Gasteiger partial charge in [0.15, 0.2) is 5.96 Å². The van der Waals surface area contributed by atoms with Gasteiger partial charge in [-0.3, -0.25) is 0 Å². The number of hydrogen-bond donors (Lipinski definition) is 2. The quantitative estimate of drug-likeness (QED) is 0.412. The van der Waals surface area contributed by atoms with E-state index in [4.69, 9.17) is 10.5 Å². The van der Waals surface area contributed by atoms with Crippen LogP contribution in [0.3, 0.4) is 0 Å². The first-order chi connectivity index (χ1) is 9.52. The summed E-state index contributed by atoms with van der Waals surface area (Å²) in [7, 11) is 5.79. The lowest BCUT2D eigenvalue weighted by Crippen LogP contribution is -2.40. The van der Waals surface area contributed by atoms with E-state index in [1.807, 2.05) is 19.1 Å². The van der Waals surface area contributed by atoms with Crippen molar-refractivity contribution in [3.8, 4) is 0 Å². The van der Waals surface area contributed by atoms with Crippen LogP contribution in [0, 0.1) is 0 Å². The number of nitrogens with one attached hydrogen (secondary N) is 1. The Labute approximate surface area is 145 Å². The van der Waals surface area contributed by atoms with Crippen LogP contribution in [0.1, 0.15) is 18.1 Å². The van der Waals surface area contributed by atoms with Crippen LogP contribution in [-0.4, -0.2) is 44.7 Å². The van der Waals surface area contributed by atoms with E-state index in [2.05, 4.69) is 41.4 Å². The van der Waals surface area contributed by atoms with Gasteiger partial charge in [-0.1, -0.05) is 24.3 Å². The molecule has 3 N–H and O–H groups in total. The number of halogens is 1. The first-order valence-corrected chi connectivity index (χ1v) is 6.79. The molecule has 1 aromatic carbocycles. The second-order valence-corrected chi connectivity index (χ2v) is 5.21. The molecule has 0 bridgehead atoms. The van der Waals surface area contributed by atoms with Gasteiger partial charge < -0.3 is 20.7 Å². The first-order valence-electron chi connectivity index (χ1n) is 6.79. The van der Waals surface area contributed by atoms with Crippen molar-refractivity contribution in [2.24, 2.45) is 10.7 Å². The summed E-state index contributed by atoms with van der Waals surface area (Å²) in [5, 5.41) is 3.10. The van der Waals surface area contributed by atoms with Crippen molar-refractivity contribution in [1.82, 2.24) is 10.2 Å². The molecule has 6 heteroatoms. The largest absolute Gasteiger partial charge is 0.383 e. The van der Waals surface area contributed by atoms with Crippen LogP contribution in [0.4, 0.5) is 0 Å². The van der Waals surface area contributed by atoms with Crippen LogP contribution in [0.15, 0.2) is 29.3 Å². The lowest BCUT2D eigenvalue weighted by Gasteiger charge is -2.15. The molecule has 0 aliphatic rings. The van der Waals surface area contributed by atoms with E-state index in [0.717, 1.165) is 6.54 Å². The van der Waals surface area contributed by atoms with Gasteiger partial charge in [-0.05, 0) is 32.1 Å². The topological polar surface area (TPSA) is 62.9 Å². The van der Waals surface area contributed by atoms with Gasteiger partial charge in [0, 0.05) is 19.7 Å². The summed E-state index contributed by atoms with van der Waals surface area (Å²) < 4.78 is 5.05. The zero-order chi connectivity index (χ0) is 15.0. The molecular formula is C15H27IN4O. The highest BCUT2D eigenvalue weighted by atomic mass is 127. The lowest BCUT2D eigenvalue weighted by atomic mass is 10.1. The van der Waals surface area contributed by atoms with Crippen LogP contribution < -0.4 is 11.1 Å². The number of rotatable bonds is 7. The summed E-state index contributed by atoms with van der Waals surface area (Å²) in [5.74, 6) is 0.453. The Hall–Kier alpha value is -0.860. The molecule has 0 fully saturated rings. The number of aliphatic imine (C=N–C) groups is 1. The maximum Gasteiger partial charge on any atom is 0.189 e. The summed E-state index contributed by atoms with van der Waals surface area (Å²) in [6, 6.07) is 8.45. The minimum atomic E-state index is 0. The SMILES string of the molecule is COCC(C)NC(N)=NCc1ccccc1CN(C)C.I. The van der Waals surface area contributed by atoms with E-state index in [1.165, 1.54) is 11.1 Å². The van der Waals surface area contributed by atoms with E-state index >= 15 is 0 Å². The Morgan fingerprint density at radius 3 is 2.52 bits per heavy atom. The summed E-state index contributed by atoms with van der Waals surface area (Å²) in [6.45, 7) is 4.10. The van der Waals surface area contributed by atoms with Crippen LogP contribution in [0.25, 0.3) is 0 Å². The zero-order valence-electron chi connectivity index (χ0n) is 13.3. The van der Waals surface area contributed by atoms with Crippen molar-refractivity contribution in [2.45, 2.75) is 26.1 Å². The molecule has 1 aromatic rings. The van der Waals surface area contributed by atoms with E-state index in [-0.39, 0.29) is 30.0 Å². The fraction of sp³-hybridized carbons (Fsp3) is 0.533. The van der Waals surface area contributed by atoms with Gasteiger partial charge in [-0.15, -0.1) is 24.0 Å². The van der Waals surface area contributed by atoms with Gasteiger partial charge in [0.1, 0.15) is 0 Å². The molecule has 0 aliphatic heterocycles. The van der Waals surface area contributed by atoms with E-state index in [1.54, 1.807) is 7.11 Å². The Balaban J connectivity index is 0.00000400.